The number of anilines is 2. The molecule has 0 aliphatic rings. The number of sulfonamides is 1. The minimum atomic E-state index is -4.32. The lowest BCUT2D eigenvalue weighted by atomic mass is 9.83. The predicted molar refractivity (Wildman–Crippen MR) is 142 cm³/mol. The molecule has 198 valence electrons. The quantitative estimate of drug-likeness (QED) is 0.295. The molecule has 0 radical (unpaired) electrons. The van der Waals surface area contributed by atoms with Gasteiger partial charge in [0.25, 0.3) is 16.5 Å². The summed E-state index contributed by atoms with van der Waals surface area (Å²) in [5.41, 5.74) is 9.69. The summed E-state index contributed by atoms with van der Waals surface area (Å²) in [6.07, 6.45) is -0.650. The molecule has 2 aromatic rings. The van der Waals surface area contributed by atoms with Crippen molar-refractivity contribution in [3.8, 4) is 0 Å². The van der Waals surface area contributed by atoms with E-state index in [0.717, 1.165) is 15.4 Å². The van der Waals surface area contributed by atoms with Gasteiger partial charge >= 0.3 is 5.97 Å². The van der Waals surface area contributed by atoms with Crippen LogP contribution in [0, 0.1) is 0 Å². The van der Waals surface area contributed by atoms with Crippen molar-refractivity contribution in [3.63, 3.8) is 0 Å². The molecule has 0 aliphatic heterocycles. The highest BCUT2D eigenvalue weighted by molar-refractivity contribution is 7.93. The Morgan fingerprint density at radius 2 is 1.47 bits per heavy atom. The number of nitrogen functional groups attached to an aromatic ring is 1. The largest absolute Gasteiger partial charge is 0.480 e. The zero-order chi connectivity index (χ0) is 27.5. The summed E-state index contributed by atoms with van der Waals surface area (Å²) in [6, 6.07) is 6.44. The fourth-order valence-corrected chi connectivity index (χ4v) is 6.58. The number of benzene rings is 2. The van der Waals surface area contributed by atoms with Crippen molar-refractivity contribution in [2.75, 3.05) is 10.0 Å². The van der Waals surface area contributed by atoms with E-state index in [1.807, 2.05) is 33.8 Å². The van der Waals surface area contributed by atoms with Crippen LogP contribution >= 0.6 is 0 Å². The molecule has 0 saturated heterocycles. The fraction of sp³-hybridized carbons (Fsp3) is 0.481. The van der Waals surface area contributed by atoms with Crippen molar-refractivity contribution in [2.45, 2.75) is 90.2 Å². The Morgan fingerprint density at radius 1 is 0.917 bits per heavy atom. The maximum atomic E-state index is 14.2. The first-order valence-corrected chi connectivity index (χ1v) is 13.5. The van der Waals surface area contributed by atoms with Crippen LogP contribution in [-0.4, -0.2) is 32.0 Å². The highest BCUT2D eigenvalue weighted by Gasteiger charge is 2.37. The van der Waals surface area contributed by atoms with Gasteiger partial charge in [-0.15, -0.1) is 0 Å². The number of carbonyl (C=O) groups excluding carboxylic acids is 1. The van der Waals surface area contributed by atoms with E-state index >= 15 is 0 Å². The number of hydrogen-bond acceptors (Lipinski definition) is 6. The Labute approximate surface area is 214 Å². The van der Waals surface area contributed by atoms with Gasteiger partial charge in [0.2, 0.25) is 0 Å². The normalized spacial score (nSPS) is 13.6. The van der Waals surface area contributed by atoms with Gasteiger partial charge in [-0.1, -0.05) is 53.7 Å². The number of ether oxygens (including phenoxy) is 1. The lowest BCUT2D eigenvalue weighted by molar-refractivity contribution is -0.138. The van der Waals surface area contributed by atoms with Gasteiger partial charge in [-0.2, -0.15) is 0 Å². The molecule has 2 atom stereocenters. The summed E-state index contributed by atoms with van der Waals surface area (Å²) in [4.78, 5) is 22.9. The van der Waals surface area contributed by atoms with Crippen molar-refractivity contribution in [1.82, 2.24) is 0 Å². The molecule has 8 nitrogen and oxygen atoms in total. The van der Waals surface area contributed by atoms with Gasteiger partial charge in [0, 0.05) is 11.3 Å². The average molecular weight is 519 g/mol. The summed E-state index contributed by atoms with van der Waals surface area (Å²) in [5, 5.41) is 9.85. The third-order valence-corrected chi connectivity index (χ3v) is 8.28. The Balaban J connectivity index is 2.86. The summed E-state index contributed by atoms with van der Waals surface area (Å²) in [5.74, 6) is -1.17. The van der Waals surface area contributed by atoms with Crippen LogP contribution in [0.25, 0.3) is 0 Å². The molecule has 0 aromatic heterocycles. The summed E-state index contributed by atoms with van der Waals surface area (Å²) in [6.45, 7) is 15.3. The lowest BCUT2D eigenvalue weighted by Gasteiger charge is -2.32. The number of carbonyl (C=O) groups is 2. The second kappa shape index (κ2) is 11.3. The van der Waals surface area contributed by atoms with E-state index < -0.39 is 28.1 Å². The van der Waals surface area contributed by atoms with Crippen LogP contribution in [0.1, 0.15) is 102 Å². The predicted octanol–water partition coefficient (Wildman–Crippen LogP) is 5.54. The standard InChI is InChI=1S/C27H38N2O6S/c1-15(2)21-11-12-24(26(17(5)6)25(21)16(3)4)36(33,34)29(18(7)27(31)32)20-9-10-22(23(28)13-20)19(8)35-14-30/h9-19H,28H2,1-8H3,(H,31,32)/t18-,19?/m0/s1. The molecule has 1 unspecified atom stereocenters. The monoisotopic (exact) mass is 518 g/mol. The first-order valence-electron chi connectivity index (χ1n) is 12.1. The SMILES string of the molecule is CC(C)c1ccc(S(=O)(=O)N(c2ccc(C(C)OC=O)c(N)c2)[C@@H](C)C(=O)O)c(C(C)C)c1C(C)C. The van der Waals surface area contributed by atoms with Gasteiger partial charge < -0.3 is 15.6 Å². The summed E-state index contributed by atoms with van der Waals surface area (Å²) < 4.78 is 34.3. The van der Waals surface area contributed by atoms with Crippen LogP contribution in [0.15, 0.2) is 35.2 Å². The van der Waals surface area contributed by atoms with Crippen molar-refractivity contribution in [1.29, 1.82) is 0 Å². The first kappa shape index (κ1) is 29.2. The van der Waals surface area contributed by atoms with Crippen LogP contribution in [-0.2, 0) is 24.3 Å². The smallest absolute Gasteiger partial charge is 0.327 e. The number of aliphatic carboxylic acids is 1. The number of carboxylic acids is 1. The number of carboxylic acid groups (broad SMARTS) is 1. The second-order valence-corrected chi connectivity index (χ2v) is 11.7. The van der Waals surface area contributed by atoms with Crippen molar-refractivity contribution < 1.29 is 27.9 Å². The highest BCUT2D eigenvalue weighted by atomic mass is 32.2. The van der Waals surface area contributed by atoms with Crippen LogP contribution in [0.3, 0.4) is 0 Å². The molecule has 0 saturated carbocycles. The zero-order valence-corrected chi connectivity index (χ0v) is 23.1. The van der Waals surface area contributed by atoms with Crippen LogP contribution < -0.4 is 10.0 Å². The van der Waals surface area contributed by atoms with E-state index in [9.17, 15) is 23.1 Å². The number of nitrogens with two attached hydrogens (primary N) is 1. The third kappa shape index (κ3) is 5.67. The van der Waals surface area contributed by atoms with Crippen molar-refractivity contribution in [3.05, 3.63) is 52.6 Å². The summed E-state index contributed by atoms with van der Waals surface area (Å²) in [7, 11) is -4.32. The van der Waals surface area contributed by atoms with Crippen molar-refractivity contribution >= 4 is 33.8 Å². The Morgan fingerprint density at radius 3 is 1.92 bits per heavy atom. The minimum Gasteiger partial charge on any atom is -0.480 e. The van der Waals surface area contributed by atoms with Crippen molar-refractivity contribution in [2.24, 2.45) is 0 Å². The van der Waals surface area contributed by atoms with E-state index in [1.165, 1.54) is 19.1 Å². The average Bonchev–Trinajstić information content (AvgIpc) is 2.77. The molecule has 0 aliphatic carbocycles. The van der Waals surface area contributed by atoms with Crippen LogP contribution in [0.5, 0.6) is 0 Å². The Bertz CT molecular complexity index is 1220. The number of nitrogens with zero attached hydrogens (tertiary/aromatic N) is 1. The minimum absolute atomic E-state index is 0.0644. The molecule has 36 heavy (non-hydrogen) atoms. The van der Waals surface area contributed by atoms with Crippen LogP contribution in [0.4, 0.5) is 11.4 Å². The molecule has 0 fully saturated rings. The molecule has 9 heteroatoms. The maximum absolute atomic E-state index is 14.2. The zero-order valence-electron chi connectivity index (χ0n) is 22.3. The molecule has 0 spiro atoms. The fourth-order valence-electron chi connectivity index (χ4n) is 4.60. The van der Waals surface area contributed by atoms with Crippen LogP contribution in [0.2, 0.25) is 0 Å². The summed E-state index contributed by atoms with van der Waals surface area (Å²) >= 11 is 0. The van der Waals surface area contributed by atoms with E-state index in [-0.39, 0.29) is 34.0 Å². The molecular formula is C27H38N2O6S. The van der Waals surface area contributed by atoms with E-state index in [2.05, 4.69) is 13.8 Å². The molecule has 0 heterocycles. The second-order valence-electron chi connectivity index (χ2n) is 9.95. The van der Waals surface area contributed by atoms with Gasteiger partial charge in [0.1, 0.15) is 12.1 Å². The molecule has 2 aromatic carbocycles. The molecular weight excluding hydrogens is 480 g/mol. The Kier molecular flexibility index (Phi) is 9.18. The number of rotatable bonds is 11. The first-order chi connectivity index (χ1) is 16.7. The van der Waals surface area contributed by atoms with Gasteiger partial charge in [0.05, 0.1) is 10.6 Å². The maximum Gasteiger partial charge on any atom is 0.327 e. The third-order valence-electron chi connectivity index (χ3n) is 6.33. The lowest BCUT2D eigenvalue weighted by Crippen LogP contribution is -2.44. The number of hydrogen-bond donors (Lipinski definition) is 2. The van der Waals surface area contributed by atoms with E-state index in [1.54, 1.807) is 19.1 Å². The van der Waals surface area contributed by atoms with Gasteiger partial charge in [-0.25, -0.2) is 13.2 Å². The van der Waals surface area contributed by atoms with E-state index in [4.69, 9.17) is 10.5 Å². The molecule has 2 rings (SSSR count). The molecule has 3 N–H and O–H groups in total. The highest BCUT2D eigenvalue weighted by Crippen LogP contribution is 2.40. The van der Waals surface area contributed by atoms with Gasteiger partial charge in [0.15, 0.2) is 0 Å². The van der Waals surface area contributed by atoms with Gasteiger partial charge in [-0.05, 0) is 66.5 Å². The molecule has 0 bridgehead atoms. The Hall–Kier alpha value is -3.07. The van der Waals surface area contributed by atoms with E-state index in [0.29, 0.717) is 17.6 Å². The van der Waals surface area contributed by atoms with Gasteiger partial charge in [-0.3, -0.25) is 9.10 Å². The molecule has 0 amide bonds. The topological polar surface area (TPSA) is 127 Å².